The third-order valence-electron chi connectivity index (χ3n) is 4.28. The van der Waals surface area contributed by atoms with E-state index in [1.54, 1.807) is 24.3 Å². The van der Waals surface area contributed by atoms with Crippen molar-refractivity contribution in [2.75, 3.05) is 5.32 Å². The molecule has 0 saturated carbocycles. The Morgan fingerprint density at radius 3 is 2.42 bits per heavy atom. The normalized spacial score (nSPS) is 10.7. The molecule has 6 nitrogen and oxygen atoms in total. The number of hydrogen-bond acceptors (Lipinski definition) is 4. The van der Waals surface area contributed by atoms with Crippen LogP contribution in [-0.2, 0) is 6.42 Å². The van der Waals surface area contributed by atoms with Crippen molar-refractivity contribution in [1.82, 2.24) is 20.6 Å². The van der Waals surface area contributed by atoms with Gasteiger partial charge in [0.1, 0.15) is 0 Å². The average Bonchev–Trinajstić information content (AvgIpc) is 3.21. The van der Waals surface area contributed by atoms with Gasteiger partial charge in [0, 0.05) is 16.8 Å². The molecular weight excluding hydrogens is 326 g/mol. The van der Waals surface area contributed by atoms with Crippen LogP contribution in [0.3, 0.4) is 0 Å². The number of tetrazole rings is 1. The number of carbonyl (C=O) groups is 1. The summed E-state index contributed by atoms with van der Waals surface area (Å²) in [6.07, 6.45) is 6.12. The molecule has 3 rings (SSSR count). The zero-order valence-electron chi connectivity index (χ0n) is 14.9. The number of nitrogens with one attached hydrogen (secondary N) is 2. The van der Waals surface area contributed by atoms with Gasteiger partial charge in [0.25, 0.3) is 5.91 Å². The maximum Gasteiger partial charge on any atom is 0.255 e. The Morgan fingerprint density at radius 1 is 1.00 bits per heavy atom. The Hall–Kier alpha value is -3.02. The molecule has 134 valence electrons. The third-order valence-corrected chi connectivity index (χ3v) is 4.28. The van der Waals surface area contributed by atoms with Crippen LogP contribution in [0.1, 0.15) is 48.5 Å². The lowest BCUT2D eigenvalue weighted by Gasteiger charge is -2.07. The number of aryl methyl sites for hydroxylation is 1. The topological polar surface area (TPSA) is 83.6 Å². The Bertz CT molecular complexity index is 810. The zero-order valence-corrected chi connectivity index (χ0v) is 14.9. The first-order chi connectivity index (χ1) is 12.8. The Morgan fingerprint density at radius 2 is 1.77 bits per heavy atom. The van der Waals surface area contributed by atoms with Gasteiger partial charge in [-0.3, -0.25) is 4.79 Å². The van der Waals surface area contributed by atoms with Gasteiger partial charge in [0.2, 0.25) is 5.82 Å². The van der Waals surface area contributed by atoms with Crippen molar-refractivity contribution in [3.8, 4) is 11.4 Å². The molecule has 1 amide bonds. The molecule has 6 heteroatoms. The van der Waals surface area contributed by atoms with Crippen LogP contribution >= 0.6 is 0 Å². The maximum absolute atomic E-state index is 12.4. The molecule has 0 saturated heterocycles. The van der Waals surface area contributed by atoms with Gasteiger partial charge in [0.05, 0.1) is 0 Å². The number of unbranched alkanes of at least 4 members (excludes halogenated alkanes) is 3. The van der Waals surface area contributed by atoms with Crippen LogP contribution in [-0.4, -0.2) is 26.5 Å². The van der Waals surface area contributed by atoms with E-state index in [-0.39, 0.29) is 5.91 Å². The van der Waals surface area contributed by atoms with Gasteiger partial charge in [-0.15, -0.1) is 10.2 Å². The average molecular weight is 349 g/mol. The Kier molecular flexibility index (Phi) is 6.09. The Labute approximate surface area is 153 Å². The summed E-state index contributed by atoms with van der Waals surface area (Å²) in [5.74, 6) is 0.367. The second-order valence-corrected chi connectivity index (χ2v) is 6.27. The van der Waals surface area contributed by atoms with Crippen molar-refractivity contribution in [2.45, 2.75) is 39.0 Å². The van der Waals surface area contributed by atoms with Crippen LogP contribution in [0, 0.1) is 0 Å². The minimum Gasteiger partial charge on any atom is -0.322 e. The van der Waals surface area contributed by atoms with E-state index >= 15 is 0 Å². The van der Waals surface area contributed by atoms with Gasteiger partial charge < -0.3 is 5.32 Å². The highest BCUT2D eigenvalue weighted by atomic mass is 16.1. The molecule has 1 aromatic heterocycles. The number of aromatic nitrogens is 4. The van der Waals surface area contributed by atoms with Crippen molar-refractivity contribution in [3.05, 3.63) is 59.7 Å². The summed E-state index contributed by atoms with van der Waals surface area (Å²) in [4.78, 5) is 12.4. The van der Waals surface area contributed by atoms with Gasteiger partial charge in [-0.05, 0) is 47.9 Å². The fourth-order valence-corrected chi connectivity index (χ4v) is 2.77. The number of nitrogens with zero attached hydrogens (tertiary/aromatic N) is 3. The zero-order chi connectivity index (χ0) is 18.2. The van der Waals surface area contributed by atoms with E-state index in [1.807, 2.05) is 12.1 Å². The van der Waals surface area contributed by atoms with Gasteiger partial charge in [-0.1, -0.05) is 50.5 Å². The summed E-state index contributed by atoms with van der Waals surface area (Å²) in [6.45, 7) is 2.22. The highest BCUT2D eigenvalue weighted by Gasteiger charge is 2.08. The number of benzene rings is 2. The molecule has 2 N–H and O–H groups in total. The molecule has 0 spiro atoms. The first-order valence-corrected chi connectivity index (χ1v) is 9.00. The predicted octanol–water partition coefficient (Wildman–Crippen LogP) is 4.24. The minimum absolute atomic E-state index is 0.139. The van der Waals surface area contributed by atoms with E-state index in [4.69, 9.17) is 0 Å². The van der Waals surface area contributed by atoms with Crippen molar-refractivity contribution in [2.24, 2.45) is 0 Å². The molecule has 1 heterocycles. The van der Waals surface area contributed by atoms with Crippen molar-refractivity contribution in [3.63, 3.8) is 0 Å². The van der Waals surface area contributed by atoms with E-state index in [1.165, 1.54) is 31.2 Å². The van der Waals surface area contributed by atoms with Crippen LogP contribution in [0.25, 0.3) is 11.4 Å². The predicted molar refractivity (Wildman–Crippen MR) is 102 cm³/mol. The first kappa shape index (κ1) is 17.8. The van der Waals surface area contributed by atoms with E-state index in [9.17, 15) is 4.79 Å². The lowest BCUT2D eigenvalue weighted by atomic mass is 10.1. The van der Waals surface area contributed by atoms with Crippen molar-refractivity contribution < 1.29 is 4.79 Å². The SMILES string of the molecule is CCCCCCc1ccc(NC(=O)c2ccc(-c3nn[nH]n3)cc2)cc1. The molecule has 26 heavy (non-hydrogen) atoms. The lowest BCUT2D eigenvalue weighted by molar-refractivity contribution is 0.102. The molecule has 0 atom stereocenters. The van der Waals surface area contributed by atoms with Crippen LogP contribution < -0.4 is 5.32 Å². The van der Waals surface area contributed by atoms with Crippen LogP contribution in [0.4, 0.5) is 5.69 Å². The second kappa shape index (κ2) is 8.89. The summed E-state index contributed by atoms with van der Waals surface area (Å²) >= 11 is 0. The van der Waals surface area contributed by atoms with E-state index < -0.39 is 0 Å². The number of rotatable bonds is 8. The monoisotopic (exact) mass is 349 g/mol. The second-order valence-electron chi connectivity index (χ2n) is 6.27. The van der Waals surface area contributed by atoms with Gasteiger partial charge >= 0.3 is 0 Å². The molecule has 0 bridgehead atoms. The van der Waals surface area contributed by atoms with Crippen LogP contribution in [0.2, 0.25) is 0 Å². The third kappa shape index (κ3) is 4.75. The quantitative estimate of drug-likeness (QED) is 0.596. The molecular formula is C20H23N5O. The van der Waals surface area contributed by atoms with Gasteiger partial charge in [-0.25, -0.2) is 0 Å². The Balaban J connectivity index is 1.55. The summed E-state index contributed by atoms with van der Waals surface area (Å²) in [7, 11) is 0. The number of aromatic amines is 1. The molecule has 0 fully saturated rings. The van der Waals surface area contributed by atoms with Gasteiger partial charge in [-0.2, -0.15) is 5.21 Å². The maximum atomic E-state index is 12.4. The smallest absolute Gasteiger partial charge is 0.255 e. The summed E-state index contributed by atoms with van der Waals surface area (Å²) in [6, 6.07) is 15.2. The van der Waals surface area contributed by atoms with Crippen LogP contribution in [0.5, 0.6) is 0 Å². The summed E-state index contributed by atoms with van der Waals surface area (Å²) < 4.78 is 0. The summed E-state index contributed by atoms with van der Waals surface area (Å²) in [5.41, 5.74) is 3.50. The highest BCUT2D eigenvalue weighted by molar-refractivity contribution is 6.04. The van der Waals surface area contributed by atoms with E-state index in [2.05, 4.69) is 45.0 Å². The van der Waals surface area contributed by atoms with Crippen molar-refractivity contribution in [1.29, 1.82) is 0 Å². The molecule has 2 aromatic carbocycles. The fraction of sp³-hybridized carbons (Fsp3) is 0.300. The molecule has 0 radical (unpaired) electrons. The molecule has 0 unspecified atom stereocenters. The molecule has 3 aromatic rings. The summed E-state index contributed by atoms with van der Waals surface area (Å²) in [5, 5.41) is 16.7. The molecule has 0 aliphatic carbocycles. The number of amides is 1. The van der Waals surface area contributed by atoms with Crippen LogP contribution in [0.15, 0.2) is 48.5 Å². The highest BCUT2D eigenvalue weighted by Crippen LogP contribution is 2.16. The fourth-order valence-electron chi connectivity index (χ4n) is 2.77. The number of H-pyrrole nitrogens is 1. The molecule has 0 aliphatic heterocycles. The lowest BCUT2D eigenvalue weighted by Crippen LogP contribution is -2.11. The van der Waals surface area contributed by atoms with E-state index in [0.29, 0.717) is 11.4 Å². The largest absolute Gasteiger partial charge is 0.322 e. The molecule has 0 aliphatic rings. The standard InChI is InChI=1S/C20H23N5O/c1-2-3-4-5-6-15-7-13-18(14-8-15)21-20(26)17-11-9-16(10-12-17)19-22-24-25-23-19/h7-14H,2-6H2,1H3,(H,21,26)(H,22,23,24,25). The van der Waals surface area contributed by atoms with Crippen molar-refractivity contribution >= 4 is 11.6 Å². The van der Waals surface area contributed by atoms with E-state index in [0.717, 1.165) is 17.7 Å². The number of carbonyl (C=O) groups excluding carboxylic acids is 1. The minimum atomic E-state index is -0.139. The number of anilines is 1. The first-order valence-electron chi connectivity index (χ1n) is 9.00. The number of hydrogen-bond donors (Lipinski definition) is 2. The van der Waals surface area contributed by atoms with Gasteiger partial charge in [0.15, 0.2) is 0 Å².